The molecule has 0 atom stereocenters. The zero-order chi connectivity index (χ0) is 14.5. The average Bonchev–Trinajstić information content (AvgIpc) is 2.74. The molecule has 2 rings (SSSR count). The van der Waals surface area contributed by atoms with E-state index in [1.165, 1.54) is 35.0 Å². The van der Waals surface area contributed by atoms with E-state index in [0.29, 0.717) is 25.3 Å². The molecule has 1 N–H and O–H groups in total. The lowest BCUT2D eigenvalue weighted by molar-refractivity contribution is -0.144. The minimum atomic E-state index is -0.641. The van der Waals surface area contributed by atoms with Gasteiger partial charge in [-0.15, -0.1) is 0 Å². The molecule has 0 saturated carbocycles. The molecule has 1 aromatic rings. The van der Waals surface area contributed by atoms with Crippen LogP contribution in [0.1, 0.15) is 6.42 Å². The molecule has 2 amide bonds. The minimum absolute atomic E-state index is 0.372. The van der Waals surface area contributed by atoms with Crippen molar-refractivity contribution >= 4 is 17.5 Å². The van der Waals surface area contributed by atoms with Gasteiger partial charge < -0.3 is 15.1 Å². The minimum Gasteiger partial charge on any atom is -0.333 e. The van der Waals surface area contributed by atoms with Crippen molar-refractivity contribution in [3.8, 4) is 0 Å². The van der Waals surface area contributed by atoms with Crippen LogP contribution in [0, 0.1) is 5.82 Å². The number of hydrogen-bond donors (Lipinski definition) is 1. The monoisotopic (exact) mass is 279 g/mol. The van der Waals surface area contributed by atoms with Gasteiger partial charge >= 0.3 is 11.8 Å². The summed E-state index contributed by atoms with van der Waals surface area (Å²) in [5.74, 6) is -1.62. The number of rotatable bonds is 1. The average molecular weight is 279 g/mol. The van der Waals surface area contributed by atoms with Gasteiger partial charge in [-0.05, 0) is 31.2 Å². The van der Waals surface area contributed by atoms with Gasteiger partial charge in [0.1, 0.15) is 5.82 Å². The Morgan fingerprint density at radius 2 is 2.10 bits per heavy atom. The van der Waals surface area contributed by atoms with Gasteiger partial charge in [-0.1, -0.05) is 6.07 Å². The molecule has 5 nitrogen and oxygen atoms in total. The maximum absolute atomic E-state index is 13.2. The highest BCUT2D eigenvalue weighted by atomic mass is 19.1. The first-order valence-corrected chi connectivity index (χ1v) is 6.63. The number of halogens is 1. The van der Waals surface area contributed by atoms with E-state index >= 15 is 0 Å². The predicted octanol–water partition coefficient (Wildman–Crippen LogP) is 0.610. The van der Waals surface area contributed by atoms with Crippen molar-refractivity contribution in [1.29, 1.82) is 0 Å². The molecule has 0 radical (unpaired) electrons. The van der Waals surface area contributed by atoms with Crippen molar-refractivity contribution in [2.45, 2.75) is 6.42 Å². The molecular weight excluding hydrogens is 261 g/mol. The van der Waals surface area contributed by atoms with E-state index in [9.17, 15) is 14.0 Å². The van der Waals surface area contributed by atoms with Crippen molar-refractivity contribution in [3.05, 3.63) is 30.1 Å². The molecule has 1 saturated heterocycles. The molecule has 1 heterocycles. The standard InChI is InChI=1S/C14H18FN3O2/c1-17(12-5-2-4-11(15)10-12)13(19)14(20)18-8-3-6-16-7-9-18/h2,4-5,10,16H,3,6-9H2,1H3. The molecule has 1 fully saturated rings. The third-order valence-corrected chi connectivity index (χ3v) is 3.31. The summed E-state index contributed by atoms with van der Waals surface area (Å²) in [4.78, 5) is 27.0. The largest absolute Gasteiger partial charge is 0.333 e. The highest BCUT2D eigenvalue weighted by Crippen LogP contribution is 2.14. The number of amides is 2. The Bertz CT molecular complexity index is 499. The van der Waals surface area contributed by atoms with Crippen molar-refractivity contribution < 1.29 is 14.0 Å². The Kier molecular flexibility index (Phi) is 4.68. The van der Waals surface area contributed by atoms with Gasteiger partial charge in [-0.3, -0.25) is 9.59 Å². The number of benzene rings is 1. The highest BCUT2D eigenvalue weighted by molar-refractivity contribution is 6.40. The second-order valence-corrected chi connectivity index (χ2v) is 4.74. The Morgan fingerprint density at radius 3 is 2.85 bits per heavy atom. The molecule has 0 aromatic heterocycles. The molecule has 6 heteroatoms. The summed E-state index contributed by atoms with van der Waals surface area (Å²) >= 11 is 0. The Balaban J connectivity index is 2.07. The number of hydrogen-bond acceptors (Lipinski definition) is 3. The van der Waals surface area contributed by atoms with Crippen LogP contribution in [0.3, 0.4) is 0 Å². The van der Waals surface area contributed by atoms with Gasteiger partial charge in [0.05, 0.1) is 0 Å². The molecule has 1 aliphatic rings. The predicted molar refractivity (Wildman–Crippen MR) is 73.9 cm³/mol. The Morgan fingerprint density at radius 1 is 1.30 bits per heavy atom. The zero-order valence-electron chi connectivity index (χ0n) is 11.4. The van der Waals surface area contributed by atoms with E-state index in [2.05, 4.69) is 5.32 Å². The summed E-state index contributed by atoms with van der Waals surface area (Å²) in [6.45, 7) is 2.61. The Hall–Kier alpha value is -1.95. The van der Waals surface area contributed by atoms with Crippen LogP contribution >= 0.6 is 0 Å². The van der Waals surface area contributed by atoms with Gasteiger partial charge in [0.15, 0.2) is 0 Å². The van der Waals surface area contributed by atoms with E-state index in [-0.39, 0.29) is 0 Å². The van der Waals surface area contributed by atoms with Crippen LogP contribution in [0.5, 0.6) is 0 Å². The molecule has 0 bridgehead atoms. The van der Waals surface area contributed by atoms with Crippen LogP contribution in [-0.4, -0.2) is 49.9 Å². The quantitative estimate of drug-likeness (QED) is 0.766. The van der Waals surface area contributed by atoms with Crippen molar-refractivity contribution in [3.63, 3.8) is 0 Å². The van der Waals surface area contributed by atoms with E-state index in [1.807, 2.05) is 0 Å². The molecule has 0 aliphatic carbocycles. The van der Waals surface area contributed by atoms with Gasteiger partial charge in [0.25, 0.3) is 0 Å². The van der Waals surface area contributed by atoms with Gasteiger partial charge in [-0.25, -0.2) is 4.39 Å². The zero-order valence-corrected chi connectivity index (χ0v) is 11.4. The number of nitrogens with zero attached hydrogens (tertiary/aromatic N) is 2. The number of likely N-dealkylation sites (N-methyl/N-ethyl adjacent to an activating group) is 1. The van der Waals surface area contributed by atoms with Crippen LogP contribution in [-0.2, 0) is 9.59 Å². The first kappa shape index (κ1) is 14.5. The fourth-order valence-electron chi connectivity index (χ4n) is 2.13. The summed E-state index contributed by atoms with van der Waals surface area (Å²) in [6.07, 6.45) is 0.822. The smallest absolute Gasteiger partial charge is 0.316 e. The maximum atomic E-state index is 13.2. The van der Waals surface area contributed by atoms with E-state index in [0.717, 1.165) is 13.0 Å². The molecule has 0 unspecified atom stereocenters. The van der Waals surface area contributed by atoms with Gasteiger partial charge in [-0.2, -0.15) is 0 Å². The van der Waals surface area contributed by atoms with E-state index < -0.39 is 17.6 Å². The van der Waals surface area contributed by atoms with Crippen LogP contribution < -0.4 is 10.2 Å². The van der Waals surface area contributed by atoms with Crippen molar-refractivity contribution in [2.75, 3.05) is 38.1 Å². The lowest BCUT2D eigenvalue weighted by Crippen LogP contribution is -2.45. The third-order valence-electron chi connectivity index (χ3n) is 3.31. The SMILES string of the molecule is CN(C(=O)C(=O)N1CCCNCC1)c1cccc(F)c1. The highest BCUT2D eigenvalue weighted by Gasteiger charge is 2.26. The molecule has 1 aromatic carbocycles. The topological polar surface area (TPSA) is 52.7 Å². The van der Waals surface area contributed by atoms with E-state index in [1.54, 1.807) is 6.07 Å². The number of carbonyl (C=O) groups excluding carboxylic acids is 2. The van der Waals surface area contributed by atoms with Crippen molar-refractivity contribution in [2.24, 2.45) is 0 Å². The Labute approximate surface area is 117 Å². The molecule has 20 heavy (non-hydrogen) atoms. The second kappa shape index (κ2) is 6.47. The molecule has 0 spiro atoms. The van der Waals surface area contributed by atoms with Crippen molar-refractivity contribution in [1.82, 2.24) is 10.2 Å². The molecule has 108 valence electrons. The van der Waals surface area contributed by atoms with E-state index in [4.69, 9.17) is 0 Å². The summed E-state index contributed by atoms with van der Waals surface area (Å²) < 4.78 is 13.2. The second-order valence-electron chi connectivity index (χ2n) is 4.74. The lowest BCUT2D eigenvalue weighted by atomic mass is 10.2. The number of anilines is 1. The summed E-state index contributed by atoms with van der Waals surface area (Å²) in [7, 11) is 1.48. The lowest BCUT2D eigenvalue weighted by Gasteiger charge is -2.23. The molecule has 1 aliphatic heterocycles. The number of carbonyl (C=O) groups is 2. The first-order chi connectivity index (χ1) is 9.59. The van der Waals surface area contributed by atoms with Crippen LogP contribution in [0.2, 0.25) is 0 Å². The first-order valence-electron chi connectivity index (χ1n) is 6.63. The summed E-state index contributed by atoms with van der Waals surface area (Å²) in [6, 6.07) is 5.63. The third kappa shape index (κ3) is 3.33. The summed E-state index contributed by atoms with van der Waals surface area (Å²) in [5.41, 5.74) is 0.372. The van der Waals surface area contributed by atoms with Crippen LogP contribution in [0.15, 0.2) is 24.3 Å². The fourth-order valence-corrected chi connectivity index (χ4v) is 2.13. The van der Waals surface area contributed by atoms with Gasteiger partial charge in [0.2, 0.25) is 0 Å². The normalized spacial score (nSPS) is 15.6. The molecular formula is C14H18FN3O2. The maximum Gasteiger partial charge on any atom is 0.316 e. The summed E-state index contributed by atoms with van der Waals surface area (Å²) in [5, 5.41) is 3.17. The number of nitrogens with one attached hydrogen (secondary N) is 1. The van der Waals surface area contributed by atoms with Gasteiger partial charge in [0, 0.05) is 32.4 Å². The van der Waals surface area contributed by atoms with Crippen LogP contribution in [0.25, 0.3) is 0 Å². The fraction of sp³-hybridized carbons (Fsp3) is 0.429. The van der Waals surface area contributed by atoms with Crippen LogP contribution in [0.4, 0.5) is 10.1 Å².